The molecule has 3 aromatic rings. The van der Waals surface area contributed by atoms with Crippen LogP contribution in [0.15, 0.2) is 59.6 Å². The third kappa shape index (κ3) is 5.10. The summed E-state index contributed by atoms with van der Waals surface area (Å²) in [6.07, 6.45) is 2.57. The Kier molecular flexibility index (Phi) is 6.53. The highest BCUT2D eigenvalue weighted by atomic mass is 32.2. The van der Waals surface area contributed by atoms with Crippen LogP contribution in [0.1, 0.15) is 22.4 Å². The molecule has 0 bridgehead atoms. The molecule has 0 aliphatic carbocycles. The molecule has 1 amide bonds. The number of sulfonamides is 1. The van der Waals surface area contributed by atoms with Crippen molar-refractivity contribution >= 4 is 15.9 Å². The van der Waals surface area contributed by atoms with Crippen LogP contribution in [0.25, 0.3) is 0 Å². The predicted molar refractivity (Wildman–Crippen MR) is 120 cm³/mol. The van der Waals surface area contributed by atoms with Gasteiger partial charge in [-0.25, -0.2) is 8.42 Å². The monoisotopic (exact) mass is 464 g/mol. The van der Waals surface area contributed by atoms with E-state index in [2.05, 4.69) is 21.7 Å². The summed E-state index contributed by atoms with van der Waals surface area (Å²) in [5.41, 5.74) is 3.17. The quantitative estimate of drug-likeness (QED) is 0.565. The van der Waals surface area contributed by atoms with Crippen molar-refractivity contribution in [2.45, 2.75) is 37.2 Å². The van der Waals surface area contributed by atoms with Gasteiger partial charge in [-0.05, 0) is 43.2 Å². The van der Waals surface area contributed by atoms with Crippen molar-refractivity contribution in [3.63, 3.8) is 0 Å². The highest BCUT2D eigenvalue weighted by Gasteiger charge is 2.39. The van der Waals surface area contributed by atoms with Crippen molar-refractivity contribution in [2.24, 2.45) is 0 Å². The Morgan fingerprint density at radius 3 is 2.58 bits per heavy atom. The Morgan fingerprint density at radius 1 is 1.15 bits per heavy atom. The first-order chi connectivity index (χ1) is 15.9. The SMILES string of the molecule is Cc1ccc(S(=O)(=O)N2CCNC(=O)C2Cc2cn(CCc3ccc(C#N)cc3)nn2)cc1. The van der Waals surface area contributed by atoms with Gasteiger partial charge < -0.3 is 5.32 Å². The van der Waals surface area contributed by atoms with Gasteiger partial charge in [0.1, 0.15) is 6.04 Å². The minimum atomic E-state index is -3.83. The largest absolute Gasteiger partial charge is 0.353 e. The maximum absolute atomic E-state index is 13.2. The summed E-state index contributed by atoms with van der Waals surface area (Å²) in [5.74, 6) is -0.343. The van der Waals surface area contributed by atoms with Crippen LogP contribution in [-0.4, -0.2) is 52.8 Å². The Balaban J connectivity index is 1.47. The number of amides is 1. The molecule has 1 aromatic heterocycles. The molecular formula is C23H24N6O3S. The van der Waals surface area contributed by atoms with E-state index in [1.807, 2.05) is 19.1 Å². The number of nitrogens with one attached hydrogen (secondary N) is 1. The topological polar surface area (TPSA) is 121 Å². The first kappa shape index (κ1) is 22.6. The second kappa shape index (κ2) is 9.52. The summed E-state index contributed by atoms with van der Waals surface area (Å²) in [7, 11) is -3.83. The highest BCUT2D eigenvalue weighted by molar-refractivity contribution is 7.89. The van der Waals surface area contributed by atoms with Gasteiger partial charge in [0.2, 0.25) is 15.9 Å². The van der Waals surface area contributed by atoms with Crippen LogP contribution in [-0.2, 0) is 34.2 Å². The fraction of sp³-hybridized carbons (Fsp3) is 0.304. The third-order valence-corrected chi connectivity index (χ3v) is 7.53. The second-order valence-electron chi connectivity index (χ2n) is 7.97. The summed E-state index contributed by atoms with van der Waals surface area (Å²) >= 11 is 0. The molecule has 1 atom stereocenters. The zero-order valence-electron chi connectivity index (χ0n) is 18.2. The average Bonchev–Trinajstić information content (AvgIpc) is 3.27. The van der Waals surface area contributed by atoms with Gasteiger partial charge in [0.25, 0.3) is 0 Å². The summed E-state index contributed by atoms with van der Waals surface area (Å²) in [6, 6.07) is 15.1. The predicted octanol–water partition coefficient (Wildman–Crippen LogP) is 1.43. The Bertz CT molecular complexity index is 1280. The van der Waals surface area contributed by atoms with Crippen molar-refractivity contribution in [1.82, 2.24) is 24.6 Å². The average molecular weight is 465 g/mol. The molecule has 170 valence electrons. The molecule has 4 rings (SSSR count). The van der Waals surface area contributed by atoms with Crippen LogP contribution >= 0.6 is 0 Å². The molecule has 1 N–H and O–H groups in total. The minimum absolute atomic E-state index is 0.133. The smallest absolute Gasteiger partial charge is 0.243 e. The zero-order chi connectivity index (χ0) is 23.4. The lowest BCUT2D eigenvalue weighted by atomic mass is 10.1. The van der Waals surface area contributed by atoms with Crippen LogP contribution < -0.4 is 5.32 Å². The molecule has 0 spiro atoms. The van der Waals surface area contributed by atoms with E-state index in [1.165, 1.54) is 4.31 Å². The van der Waals surface area contributed by atoms with Crippen molar-refractivity contribution < 1.29 is 13.2 Å². The van der Waals surface area contributed by atoms with E-state index in [0.29, 0.717) is 24.2 Å². The van der Waals surface area contributed by atoms with E-state index in [0.717, 1.165) is 11.1 Å². The third-order valence-electron chi connectivity index (χ3n) is 5.61. The van der Waals surface area contributed by atoms with Gasteiger partial charge in [0.05, 0.1) is 22.2 Å². The van der Waals surface area contributed by atoms with E-state index in [4.69, 9.17) is 5.26 Å². The maximum atomic E-state index is 13.2. The summed E-state index contributed by atoms with van der Waals surface area (Å²) in [6.45, 7) is 2.91. The molecular weight excluding hydrogens is 440 g/mol. The van der Waals surface area contributed by atoms with Gasteiger partial charge in [-0.1, -0.05) is 35.0 Å². The molecule has 2 aromatic carbocycles. The molecule has 1 unspecified atom stereocenters. The van der Waals surface area contributed by atoms with Gasteiger partial charge in [-0.2, -0.15) is 9.57 Å². The number of nitriles is 1. The molecule has 0 saturated carbocycles. The summed E-state index contributed by atoms with van der Waals surface area (Å²) in [5, 5.41) is 19.9. The number of piperazine rings is 1. The number of rotatable bonds is 7. The molecule has 2 heterocycles. The number of nitrogens with zero attached hydrogens (tertiary/aromatic N) is 5. The van der Waals surface area contributed by atoms with E-state index < -0.39 is 16.1 Å². The first-order valence-electron chi connectivity index (χ1n) is 10.6. The number of aryl methyl sites for hydroxylation is 3. The van der Waals surface area contributed by atoms with E-state index >= 15 is 0 Å². The molecule has 1 aliphatic heterocycles. The van der Waals surface area contributed by atoms with Gasteiger partial charge in [0, 0.05) is 32.3 Å². The highest BCUT2D eigenvalue weighted by Crippen LogP contribution is 2.22. The summed E-state index contributed by atoms with van der Waals surface area (Å²) in [4.78, 5) is 12.8. The molecule has 0 radical (unpaired) electrons. The molecule has 1 saturated heterocycles. The molecule has 1 aliphatic rings. The zero-order valence-corrected chi connectivity index (χ0v) is 19.0. The number of benzene rings is 2. The van der Waals surface area contributed by atoms with E-state index in [1.54, 1.807) is 47.3 Å². The van der Waals surface area contributed by atoms with Gasteiger partial charge >= 0.3 is 0 Å². The Hall–Kier alpha value is -3.55. The second-order valence-corrected chi connectivity index (χ2v) is 9.86. The summed E-state index contributed by atoms with van der Waals surface area (Å²) < 4.78 is 29.4. The Morgan fingerprint density at radius 2 is 1.88 bits per heavy atom. The van der Waals surface area contributed by atoms with Crippen LogP contribution in [0.2, 0.25) is 0 Å². The lowest BCUT2D eigenvalue weighted by Gasteiger charge is -2.33. The number of carbonyl (C=O) groups is 1. The Labute approximate surface area is 192 Å². The molecule has 33 heavy (non-hydrogen) atoms. The number of carbonyl (C=O) groups excluding carboxylic acids is 1. The van der Waals surface area contributed by atoms with Crippen LogP contribution in [0.5, 0.6) is 0 Å². The van der Waals surface area contributed by atoms with Crippen molar-refractivity contribution in [1.29, 1.82) is 5.26 Å². The lowest BCUT2D eigenvalue weighted by molar-refractivity contribution is -0.126. The van der Waals surface area contributed by atoms with E-state index in [-0.39, 0.29) is 30.3 Å². The van der Waals surface area contributed by atoms with Gasteiger partial charge in [0.15, 0.2) is 0 Å². The fourth-order valence-corrected chi connectivity index (χ4v) is 5.34. The van der Waals surface area contributed by atoms with Crippen molar-refractivity contribution in [2.75, 3.05) is 13.1 Å². The maximum Gasteiger partial charge on any atom is 0.243 e. The normalized spacial score (nSPS) is 16.8. The van der Waals surface area contributed by atoms with Crippen LogP contribution in [0, 0.1) is 18.3 Å². The number of hydrogen-bond donors (Lipinski definition) is 1. The van der Waals surface area contributed by atoms with E-state index in [9.17, 15) is 13.2 Å². The van der Waals surface area contributed by atoms with Crippen LogP contribution in [0.4, 0.5) is 0 Å². The number of aromatic nitrogens is 3. The fourth-order valence-electron chi connectivity index (χ4n) is 3.75. The van der Waals surface area contributed by atoms with Gasteiger partial charge in [-0.3, -0.25) is 9.48 Å². The first-order valence-corrected chi connectivity index (χ1v) is 12.0. The van der Waals surface area contributed by atoms with Crippen molar-refractivity contribution in [3.05, 3.63) is 77.1 Å². The molecule has 10 heteroatoms. The standard InChI is InChI=1S/C23H24N6O3S/c1-17-2-8-21(9-3-17)33(31,32)29-13-11-25-23(30)22(29)14-20-16-28(27-26-20)12-10-18-4-6-19(15-24)7-5-18/h2-9,16,22H,10-14H2,1H3,(H,25,30). The van der Waals surface area contributed by atoms with Crippen LogP contribution in [0.3, 0.4) is 0 Å². The van der Waals surface area contributed by atoms with Gasteiger partial charge in [-0.15, -0.1) is 5.10 Å². The lowest BCUT2D eigenvalue weighted by Crippen LogP contribution is -2.57. The van der Waals surface area contributed by atoms with Crippen molar-refractivity contribution in [3.8, 4) is 6.07 Å². The minimum Gasteiger partial charge on any atom is -0.353 e. The molecule has 9 nitrogen and oxygen atoms in total. The molecule has 1 fully saturated rings. The number of hydrogen-bond acceptors (Lipinski definition) is 6.